The number of unbranched alkanes of at least 4 members (excludes halogenated alkanes) is 3. The first-order valence-corrected chi connectivity index (χ1v) is 10.2. The van der Waals surface area contributed by atoms with E-state index in [4.69, 9.17) is 0 Å². The van der Waals surface area contributed by atoms with Crippen LogP contribution in [0, 0.1) is 5.92 Å². The molecule has 2 aliphatic rings. The summed E-state index contributed by atoms with van der Waals surface area (Å²) in [5.41, 5.74) is 2.50. The van der Waals surface area contributed by atoms with Crippen LogP contribution in [-0.4, -0.2) is 23.2 Å². The number of carbonyl (C=O) groups excluding carboxylic acids is 2. The highest BCUT2D eigenvalue weighted by Gasteiger charge is 2.38. The standard InChI is InChI=1S/C22H33NO3/c1-4-6-8-12-17-19(23-13-7-5-2)21(25)18(22(26)20(17)24)16-11-9-10-15(3)14-16/h14,16,23,25H,4-13H2,1-3H3. The minimum atomic E-state index is -0.508. The van der Waals surface area contributed by atoms with E-state index >= 15 is 0 Å². The Kier molecular flexibility index (Phi) is 7.67. The van der Waals surface area contributed by atoms with Crippen molar-refractivity contribution >= 4 is 11.6 Å². The summed E-state index contributed by atoms with van der Waals surface area (Å²) < 4.78 is 0. The molecule has 0 aromatic rings. The first-order valence-electron chi connectivity index (χ1n) is 10.2. The van der Waals surface area contributed by atoms with Gasteiger partial charge in [-0.3, -0.25) is 9.59 Å². The lowest BCUT2D eigenvalue weighted by molar-refractivity contribution is -0.133. The van der Waals surface area contributed by atoms with Gasteiger partial charge < -0.3 is 10.4 Å². The second-order valence-electron chi connectivity index (χ2n) is 7.52. The van der Waals surface area contributed by atoms with Gasteiger partial charge in [0, 0.05) is 18.0 Å². The second-order valence-corrected chi connectivity index (χ2v) is 7.52. The SMILES string of the molecule is CCCCCC1=C(NCCCC)C(O)=C(C2C=C(C)CCC2)C(=O)C1=O. The molecule has 0 spiro atoms. The smallest absolute Gasteiger partial charge is 0.233 e. The fourth-order valence-corrected chi connectivity index (χ4v) is 3.81. The number of carbonyl (C=O) groups is 2. The number of hydrogen-bond donors (Lipinski definition) is 2. The first-order chi connectivity index (χ1) is 12.5. The lowest BCUT2D eigenvalue weighted by atomic mass is 9.78. The molecule has 0 saturated heterocycles. The fourth-order valence-electron chi connectivity index (χ4n) is 3.81. The van der Waals surface area contributed by atoms with Crippen molar-refractivity contribution in [3.05, 3.63) is 34.3 Å². The Balaban J connectivity index is 2.41. The van der Waals surface area contributed by atoms with Crippen LogP contribution in [0.15, 0.2) is 34.3 Å². The van der Waals surface area contributed by atoms with Gasteiger partial charge in [0.1, 0.15) is 5.76 Å². The Bertz CT molecular complexity index is 640. The number of hydrogen-bond acceptors (Lipinski definition) is 4. The molecule has 0 fully saturated rings. The van der Waals surface area contributed by atoms with Crippen molar-refractivity contribution in [3.8, 4) is 0 Å². The number of aliphatic hydroxyl groups is 1. The molecule has 26 heavy (non-hydrogen) atoms. The maximum atomic E-state index is 12.8. The monoisotopic (exact) mass is 359 g/mol. The van der Waals surface area contributed by atoms with Gasteiger partial charge in [-0.1, -0.05) is 44.8 Å². The van der Waals surface area contributed by atoms with Crippen molar-refractivity contribution in [2.24, 2.45) is 5.92 Å². The molecule has 0 saturated carbocycles. The normalized spacial score (nSPS) is 21.3. The van der Waals surface area contributed by atoms with Crippen LogP contribution in [0.3, 0.4) is 0 Å². The largest absolute Gasteiger partial charge is 0.505 e. The molecular formula is C22H33NO3. The third-order valence-electron chi connectivity index (χ3n) is 5.32. The van der Waals surface area contributed by atoms with Crippen molar-refractivity contribution in [2.75, 3.05) is 6.54 Å². The fraction of sp³-hybridized carbons (Fsp3) is 0.636. The number of ketones is 2. The maximum Gasteiger partial charge on any atom is 0.233 e. The van der Waals surface area contributed by atoms with Crippen LogP contribution in [0.25, 0.3) is 0 Å². The number of Topliss-reactive ketones (excluding diaryl/α,β-unsaturated/α-hetero) is 2. The molecular weight excluding hydrogens is 326 g/mol. The Morgan fingerprint density at radius 3 is 2.50 bits per heavy atom. The summed E-state index contributed by atoms with van der Waals surface area (Å²) in [5, 5.41) is 14.2. The molecule has 144 valence electrons. The van der Waals surface area contributed by atoms with E-state index in [9.17, 15) is 14.7 Å². The van der Waals surface area contributed by atoms with Crippen molar-refractivity contribution in [1.82, 2.24) is 5.32 Å². The average Bonchev–Trinajstić information content (AvgIpc) is 2.62. The van der Waals surface area contributed by atoms with Crippen molar-refractivity contribution < 1.29 is 14.7 Å². The molecule has 0 bridgehead atoms. The van der Waals surface area contributed by atoms with Gasteiger partial charge in [0.15, 0.2) is 0 Å². The lowest BCUT2D eigenvalue weighted by Gasteiger charge is -2.28. The number of allylic oxidation sites excluding steroid dienone is 4. The van der Waals surface area contributed by atoms with Crippen LogP contribution in [-0.2, 0) is 9.59 Å². The Hall–Kier alpha value is -1.84. The zero-order valence-corrected chi connectivity index (χ0v) is 16.5. The van der Waals surface area contributed by atoms with Crippen molar-refractivity contribution in [1.29, 1.82) is 0 Å². The van der Waals surface area contributed by atoms with Crippen molar-refractivity contribution in [2.45, 2.75) is 78.6 Å². The van der Waals surface area contributed by atoms with E-state index in [1.54, 1.807) is 0 Å². The van der Waals surface area contributed by atoms with Crippen LogP contribution in [0.5, 0.6) is 0 Å². The summed E-state index contributed by atoms with van der Waals surface area (Å²) in [5.74, 6) is -1.08. The molecule has 0 aromatic heterocycles. The Labute approximate surface area is 157 Å². The zero-order chi connectivity index (χ0) is 19.1. The molecule has 2 aliphatic carbocycles. The van der Waals surface area contributed by atoms with Gasteiger partial charge in [0.25, 0.3) is 0 Å². The predicted molar refractivity (Wildman–Crippen MR) is 105 cm³/mol. The van der Waals surface area contributed by atoms with Gasteiger partial charge in [-0.05, 0) is 45.4 Å². The average molecular weight is 360 g/mol. The first kappa shape index (κ1) is 20.5. The molecule has 0 amide bonds. The Morgan fingerprint density at radius 1 is 1.12 bits per heavy atom. The highest BCUT2D eigenvalue weighted by atomic mass is 16.3. The molecule has 1 atom stereocenters. The predicted octanol–water partition coefficient (Wildman–Crippen LogP) is 4.92. The van der Waals surface area contributed by atoms with Gasteiger partial charge in [-0.25, -0.2) is 0 Å². The summed E-state index contributed by atoms with van der Waals surface area (Å²) in [6.07, 6.45) is 10.3. The van der Waals surface area contributed by atoms with E-state index < -0.39 is 11.6 Å². The van der Waals surface area contributed by atoms with Crippen LogP contribution in [0.1, 0.15) is 78.6 Å². The zero-order valence-electron chi connectivity index (χ0n) is 16.5. The molecule has 0 aromatic carbocycles. The third kappa shape index (κ3) is 4.66. The van der Waals surface area contributed by atoms with Crippen LogP contribution < -0.4 is 5.32 Å². The summed E-state index contributed by atoms with van der Waals surface area (Å²) >= 11 is 0. The summed E-state index contributed by atoms with van der Waals surface area (Å²) in [4.78, 5) is 25.6. The molecule has 2 N–H and O–H groups in total. The quantitative estimate of drug-likeness (QED) is 0.265. The van der Waals surface area contributed by atoms with Gasteiger partial charge in [0.05, 0.1) is 11.3 Å². The molecule has 2 rings (SSSR count). The number of rotatable bonds is 9. The van der Waals surface area contributed by atoms with E-state index in [-0.39, 0.29) is 11.7 Å². The van der Waals surface area contributed by atoms with E-state index in [0.29, 0.717) is 29.8 Å². The van der Waals surface area contributed by atoms with Crippen LogP contribution >= 0.6 is 0 Å². The summed E-state index contributed by atoms with van der Waals surface area (Å²) in [7, 11) is 0. The molecule has 4 nitrogen and oxygen atoms in total. The minimum Gasteiger partial charge on any atom is -0.505 e. The molecule has 0 aliphatic heterocycles. The van der Waals surface area contributed by atoms with Gasteiger partial charge in [-0.2, -0.15) is 0 Å². The van der Waals surface area contributed by atoms with Gasteiger partial charge in [-0.15, -0.1) is 0 Å². The van der Waals surface area contributed by atoms with Gasteiger partial charge in [0.2, 0.25) is 11.6 Å². The highest BCUT2D eigenvalue weighted by molar-refractivity contribution is 6.50. The van der Waals surface area contributed by atoms with E-state index in [2.05, 4.69) is 19.2 Å². The van der Waals surface area contributed by atoms with Crippen molar-refractivity contribution in [3.63, 3.8) is 0 Å². The molecule has 1 unspecified atom stereocenters. The van der Waals surface area contributed by atoms with Crippen LogP contribution in [0.4, 0.5) is 0 Å². The number of aliphatic hydroxyl groups excluding tert-OH is 1. The molecule has 4 heteroatoms. The summed E-state index contributed by atoms with van der Waals surface area (Å²) in [6, 6.07) is 0. The second kappa shape index (κ2) is 9.75. The molecule has 0 radical (unpaired) electrons. The topological polar surface area (TPSA) is 66.4 Å². The number of nitrogens with one attached hydrogen (secondary N) is 1. The molecule has 0 heterocycles. The van der Waals surface area contributed by atoms with Gasteiger partial charge >= 0.3 is 0 Å². The maximum absolute atomic E-state index is 12.8. The highest BCUT2D eigenvalue weighted by Crippen LogP contribution is 2.36. The Morgan fingerprint density at radius 2 is 1.85 bits per heavy atom. The van der Waals surface area contributed by atoms with E-state index in [0.717, 1.165) is 51.4 Å². The summed E-state index contributed by atoms with van der Waals surface area (Å²) in [6.45, 7) is 6.95. The van der Waals surface area contributed by atoms with E-state index in [1.165, 1.54) is 5.57 Å². The van der Waals surface area contributed by atoms with Crippen LogP contribution in [0.2, 0.25) is 0 Å². The third-order valence-corrected chi connectivity index (χ3v) is 5.32. The minimum absolute atomic E-state index is 0.00755. The van der Waals surface area contributed by atoms with E-state index in [1.807, 2.05) is 13.0 Å². The lowest BCUT2D eigenvalue weighted by Crippen LogP contribution is -2.34.